The molecule has 0 saturated heterocycles. The maximum Gasteiger partial charge on any atom is 0.322 e. The van der Waals surface area contributed by atoms with Gasteiger partial charge in [0.2, 0.25) is 17.8 Å². The van der Waals surface area contributed by atoms with Crippen LogP contribution in [0.1, 0.15) is 12.8 Å². The lowest BCUT2D eigenvalue weighted by atomic mass is 10.4. The zero-order chi connectivity index (χ0) is 13.0. The Morgan fingerprint density at radius 2 is 2.17 bits per heavy atom. The zero-order valence-electron chi connectivity index (χ0n) is 10.1. The average Bonchev–Trinajstić information content (AvgIpc) is 3.17. The first kappa shape index (κ1) is 12.3. The molecule has 0 unspecified atom stereocenters. The van der Waals surface area contributed by atoms with Crippen molar-refractivity contribution in [3.63, 3.8) is 0 Å². The molecule has 1 aromatic heterocycles. The molecule has 4 N–H and O–H groups in total. The van der Waals surface area contributed by atoms with Crippen LogP contribution in [0, 0.1) is 5.92 Å². The molecule has 1 heterocycles. The van der Waals surface area contributed by atoms with Crippen LogP contribution >= 0.6 is 0 Å². The zero-order valence-corrected chi connectivity index (χ0v) is 10.1. The molecule has 0 atom stereocenters. The Kier molecular flexibility index (Phi) is 3.75. The minimum absolute atomic E-state index is 0.0892. The minimum Gasteiger partial charge on any atom is -0.467 e. The minimum atomic E-state index is 0.0892. The molecule has 18 heavy (non-hydrogen) atoms. The van der Waals surface area contributed by atoms with Gasteiger partial charge in [0.15, 0.2) is 0 Å². The highest BCUT2D eigenvalue weighted by atomic mass is 16.5. The molecule has 8 heteroatoms. The lowest BCUT2D eigenvalue weighted by Gasteiger charge is -2.07. The van der Waals surface area contributed by atoms with Crippen LogP contribution in [0.25, 0.3) is 0 Å². The number of methoxy groups -OCH3 is 1. The van der Waals surface area contributed by atoms with Crippen LogP contribution in [0.4, 0.5) is 11.9 Å². The van der Waals surface area contributed by atoms with Gasteiger partial charge in [0.1, 0.15) is 0 Å². The molecule has 1 aromatic rings. The summed E-state index contributed by atoms with van der Waals surface area (Å²) in [6.45, 7) is 1.04. The molecule has 1 saturated carbocycles. The van der Waals surface area contributed by atoms with Crippen molar-refractivity contribution in [1.82, 2.24) is 20.3 Å². The van der Waals surface area contributed by atoms with Crippen molar-refractivity contribution in [3.05, 3.63) is 0 Å². The average molecular weight is 252 g/mol. The molecule has 0 spiro atoms. The van der Waals surface area contributed by atoms with E-state index in [1.54, 1.807) is 0 Å². The first-order valence-electron chi connectivity index (χ1n) is 5.76. The van der Waals surface area contributed by atoms with Crippen molar-refractivity contribution in [3.8, 4) is 6.01 Å². The van der Waals surface area contributed by atoms with E-state index in [0.717, 1.165) is 12.8 Å². The Morgan fingerprint density at radius 3 is 2.83 bits per heavy atom. The van der Waals surface area contributed by atoms with Gasteiger partial charge in [0, 0.05) is 19.0 Å². The van der Waals surface area contributed by atoms with E-state index in [1.165, 1.54) is 7.11 Å². The fourth-order valence-corrected chi connectivity index (χ4v) is 1.39. The normalized spacial score (nSPS) is 14.1. The number of carbonyl (C=O) groups excluding carboxylic acids is 1. The molecule has 0 aromatic carbocycles. The van der Waals surface area contributed by atoms with Gasteiger partial charge in [-0.1, -0.05) is 0 Å². The van der Waals surface area contributed by atoms with Crippen LogP contribution in [0.5, 0.6) is 6.01 Å². The van der Waals surface area contributed by atoms with Gasteiger partial charge in [-0.2, -0.15) is 15.0 Å². The highest BCUT2D eigenvalue weighted by Crippen LogP contribution is 2.28. The number of aromatic nitrogens is 3. The standard InChI is InChI=1S/C10H16N6O2/c1-18-10-15-8(11)14-9(16-10)13-5-4-12-7(17)6-2-3-6/h6H,2-5H2,1H3,(H,12,17)(H3,11,13,14,15,16). The molecule has 2 rings (SSSR count). The summed E-state index contributed by atoms with van der Waals surface area (Å²) >= 11 is 0. The first-order valence-corrected chi connectivity index (χ1v) is 5.76. The number of amides is 1. The van der Waals surface area contributed by atoms with Crippen molar-refractivity contribution in [2.75, 3.05) is 31.2 Å². The van der Waals surface area contributed by atoms with E-state index in [2.05, 4.69) is 25.6 Å². The van der Waals surface area contributed by atoms with E-state index in [4.69, 9.17) is 10.5 Å². The number of hydrogen-bond acceptors (Lipinski definition) is 7. The number of nitrogen functional groups attached to an aromatic ring is 1. The molecular weight excluding hydrogens is 236 g/mol. The van der Waals surface area contributed by atoms with Crippen LogP contribution in [-0.2, 0) is 4.79 Å². The molecule has 8 nitrogen and oxygen atoms in total. The molecule has 98 valence electrons. The molecule has 1 amide bonds. The third-order valence-corrected chi connectivity index (χ3v) is 2.47. The van der Waals surface area contributed by atoms with Gasteiger partial charge in [0.25, 0.3) is 0 Å². The number of rotatable bonds is 6. The topological polar surface area (TPSA) is 115 Å². The molecule has 1 fully saturated rings. The summed E-state index contributed by atoms with van der Waals surface area (Å²) in [4.78, 5) is 23.0. The van der Waals surface area contributed by atoms with Crippen LogP contribution in [0.2, 0.25) is 0 Å². The predicted octanol–water partition coefficient (Wildman–Crippen LogP) is -0.600. The Labute approximate surface area is 104 Å². The quantitative estimate of drug-likeness (QED) is 0.579. The van der Waals surface area contributed by atoms with Gasteiger partial charge in [-0.3, -0.25) is 4.79 Å². The van der Waals surface area contributed by atoms with E-state index in [-0.39, 0.29) is 23.8 Å². The number of nitrogens with one attached hydrogen (secondary N) is 2. The number of nitrogens with two attached hydrogens (primary N) is 1. The van der Waals surface area contributed by atoms with E-state index in [0.29, 0.717) is 19.0 Å². The van der Waals surface area contributed by atoms with E-state index >= 15 is 0 Å². The highest BCUT2D eigenvalue weighted by Gasteiger charge is 2.28. The Morgan fingerprint density at radius 1 is 1.39 bits per heavy atom. The second-order valence-corrected chi connectivity index (χ2v) is 4.00. The van der Waals surface area contributed by atoms with E-state index in [9.17, 15) is 4.79 Å². The fraction of sp³-hybridized carbons (Fsp3) is 0.600. The lowest BCUT2D eigenvalue weighted by Crippen LogP contribution is -2.30. The fourth-order valence-electron chi connectivity index (χ4n) is 1.39. The summed E-state index contributed by atoms with van der Waals surface area (Å²) in [7, 11) is 1.45. The molecule has 0 bridgehead atoms. The molecule has 0 radical (unpaired) electrons. The summed E-state index contributed by atoms with van der Waals surface area (Å²) in [6.07, 6.45) is 2.00. The van der Waals surface area contributed by atoms with Crippen molar-refractivity contribution < 1.29 is 9.53 Å². The third-order valence-electron chi connectivity index (χ3n) is 2.47. The van der Waals surface area contributed by atoms with Gasteiger partial charge in [-0.15, -0.1) is 0 Å². The van der Waals surface area contributed by atoms with Crippen molar-refractivity contribution in [1.29, 1.82) is 0 Å². The smallest absolute Gasteiger partial charge is 0.322 e. The van der Waals surface area contributed by atoms with E-state index < -0.39 is 0 Å². The van der Waals surface area contributed by atoms with Gasteiger partial charge in [0.05, 0.1) is 7.11 Å². The third kappa shape index (κ3) is 3.44. The largest absolute Gasteiger partial charge is 0.467 e. The second kappa shape index (κ2) is 5.48. The maximum atomic E-state index is 11.4. The van der Waals surface area contributed by atoms with Crippen molar-refractivity contribution in [2.24, 2.45) is 5.92 Å². The Hall–Kier alpha value is -2.12. The Balaban J connectivity index is 1.75. The highest BCUT2D eigenvalue weighted by molar-refractivity contribution is 5.80. The SMILES string of the molecule is COc1nc(N)nc(NCCNC(=O)C2CC2)n1. The summed E-state index contributed by atoms with van der Waals surface area (Å²) in [5.74, 6) is 0.758. The summed E-state index contributed by atoms with van der Waals surface area (Å²) in [5.41, 5.74) is 5.48. The van der Waals surface area contributed by atoms with Crippen LogP contribution < -0.4 is 21.1 Å². The van der Waals surface area contributed by atoms with Gasteiger partial charge in [-0.05, 0) is 12.8 Å². The molecular formula is C10H16N6O2. The molecule has 1 aliphatic carbocycles. The number of nitrogens with zero attached hydrogens (tertiary/aromatic N) is 3. The van der Waals surface area contributed by atoms with Crippen molar-refractivity contribution in [2.45, 2.75) is 12.8 Å². The van der Waals surface area contributed by atoms with Crippen LogP contribution in [0.3, 0.4) is 0 Å². The van der Waals surface area contributed by atoms with Crippen LogP contribution in [-0.4, -0.2) is 41.1 Å². The molecule has 0 aliphatic heterocycles. The number of ether oxygens (including phenoxy) is 1. The Bertz CT molecular complexity index is 434. The van der Waals surface area contributed by atoms with Gasteiger partial charge >= 0.3 is 6.01 Å². The first-order chi connectivity index (χ1) is 8.69. The maximum absolute atomic E-state index is 11.4. The second-order valence-electron chi connectivity index (χ2n) is 4.00. The summed E-state index contributed by atoms with van der Waals surface area (Å²) in [5, 5.41) is 5.76. The molecule has 1 aliphatic rings. The monoisotopic (exact) mass is 252 g/mol. The lowest BCUT2D eigenvalue weighted by molar-refractivity contribution is -0.122. The van der Waals surface area contributed by atoms with Gasteiger partial charge in [-0.25, -0.2) is 0 Å². The number of anilines is 2. The van der Waals surface area contributed by atoms with Crippen molar-refractivity contribution >= 4 is 17.8 Å². The summed E-state index contributed by atoms with van der Waals surface area (Å²) in [6, 6.07) is 0.159. The number of hydrogen-bond donors (Lipinski definition) is 3. The van der Waals surface area contributed by atoms with E-state index in [1.807, 2.05) is 0 Å². The predicted molar refractivity (Wildman–Crippen MR) is 65.0 cm³/mol. The van der Waals surface area contributed by atoms with Gasteiger partial charge < -0.3 is 21.1 Å². The van der Waals surface area contributed by atoms with Crippen LogP contribution in [0.15, 0.2) is 0 Å². The number of carbonyl (C=O) groups is 1. The summed E-state index contributed by atoms with van der Waals surface area (Å²) < 4.78 is 4.87.